The fourth-order valence-corrected chi connectivity index (χ4v) is 3.45. The van der Waals surface area contributed by atoms with Gasteiger partial charge in [-0.25, -0.2) is 13.1 Å². The van der Waals surface area contributed by atoms with E-state index >= 15 is 0 Å². The lowest BCUT2D eigenvalue weighted by Gasteiger charge is -2.09. The number of carbonyl (C=O) groups excluding carboxylic acids is 3. The molecule has 0 aliphatic rings. The Labute approximate surface area is 180 Å². The Morgan fingerprint density at radius 2 is 1.68 bits per heavy atom. The topological polar surface area (TPSA) is 144 Å². The number of ether oxygens (including phenoxy) is 1. The van der Waals surface area contributed by atoms with Crippen molar-refractivity contribution in [1.29, 1.82) is 0 Å². The highest BCUT2D eigenvalue weighted by Gasteiger charge is 2.19. The minimum atomic E-state index is -4.09. The van der Waals surface area contributed by atoms with Crippen molar-refractivity contribution < 1.29 is 27.5 Å². The van der Waals surface area contributed by atoms with Gasteiger partial charge in [-0.3, -0.25) is 19.4 Å². The number of benzene rings is 1. The van der Waals surface area contributed by atoms with Gasteiger partial charge >= 0.3 is 0 Å². The molecule has 0 saturated heterocycles. The third kappa shape index (κ3) is 7.46. The van der Waals surface area contributed by atoms with Crippen LogP contribution < -0.4 is 15.4 Å². The highest BCUT2D eigenvalue weighted by molar-refractivity contribution is 7.90. The van der Waals surface area contributed by atoms with Gasteiger partial charge in [-0.1, -0.05) is 12.1 Å². The number of hydrogen-bond donors (Lipinski definition) is 3. The fraction of sp³-hybridized carbons (Fsp3) is 0.300. The van der Waals surface area contributed by atoms with Crippen LogP contribution in [0.1, 0.15) is 33.3 Å². The summed E-state index contributed by atoms with van der Waals surface area (Å²) < 4.78 is 31.7. The summed E-state index contributed by atoms with van der Waals surface area (Å²) in [6, 6.07) is 8.62. The van der Waals surface area contributed by atoms with E-state index in [0.717, 1.165) is 11.8 Å². The molecular weight excluding hydrogens is 424 g/mol. The van der Waals surface area contributed by atoms with E-state index in [1.165, 1.54) is 38.3 Å². The van der Waals surface area contributed by atoms with Crippen molar-refractivity contribution in [2.75, 3.05) is 26.8 Å². The fourth-order valence-electron chi connectivity index (χ4n) is 2.48. The van der Waals surface area contributed by atoms with Crippen LogP contribution in [0.4, 0.5) is 0 Å². The van der Waals surface area contributed by atoms with Gasteiger partial charge in [0.2, 0.25) is 5.91 Å². The lowest BCUT2D eigenvalue weighted by atomic mass is 10.1. The van der Waals surface area contributed by atoms with Gasteiger partial charge in [0.25, 0.3) is 21.8 Å². The van der Waals surface area contributed by atoms with Crippen molar-refractivity contribution in [3.05, 3.63) is 59.4 Å². The maximum absolute atomic E-state index is 12.5. The molecule has 1 aromatic heterocycles. The lowest BCUT2D eigenvalue weighted by molar-refractivity contribution is -0.118. The van der Waals surface area contributed by atoms with Crippen molar-refractivity contribution in [2.45, 2.75) is 18.2 Å². The molecule has 0 bridgehead atoms. The van der Waals surface area contributed by atoms with Gasteiger partial charge in [0.15, 0.2) is 0 Å². The van der Waals surface area contributed by atoms with E-state index in [9.17, 15) is 22.8 Å². The van der Waals surface area contributed by atoms with E-state index in [0.29, 0.717) is 26.1 Å². The van der Waals surface area contributed by atoms with E-state index in [2.05, 4.69) is 15.6 Å². The molecule has 31 heavy (non-hydrogen) atoms. The maximum atomic E-state index is 12.5. The minimum absolute atomic E-state index is 0.0102. The molecule has 3 amide bonds. The number of hydrogen-bond acceptors (Lipinski definition) is 7. The van der Waals surface area contributed by atoms with Gasteiger partial charge in [-0.2, -0.15) is 0 Å². The molecule has 0 fully saturated rings. The number of rotatable bonds is 10. The first-order valence-corrected chi connectivity index (χ1v) is 10.8. The molecule has 10 nitrogen and oxygen atoms in total. The van der Waals surface area contributed by atoms with Crippen molar-refractivity contribution >= 4 is 27.7 Å². The Morgan fingerprint density at radius 1 is 0.968 bits per heavy atom. The zero-order valence-electron chi connectivity index (χ0n) is 17.2. The first kappa shape index (κ1) is 24.0. The Hall–Kier alpha value is -3.31. The molecule has 11 heteroatoms. The van der Waals surface area contributed by atoms with Crippen LogP contribution >= 0.6 is 0 Å². The Morgan fingerprint density at radius 3 is 2.26 bits per heavy atom. The number of aromatic nitrogens is 1. The molecule has 2 aromatic rings. The van der Waals surface area contributed by atoms with Crippen LogP contribution in [0.3, 0.4) is 0 Å². The number of amides is 3. The molecule has 0 aliphatic heterocycles. The summed E-state index contributed by atoms with van der Waals surface area (Å²) in [6.07, 6.45) is 1.67. The molecule has 0 unspecified atom stereocenters. The second-order valence-corrected chi connectivity index (χ2v) is 8.17. The summed E-state index contributed by atoms with van der Waals surface area (Å²) in [6.45, 7) is 2.51. The van der Waals surface area contributed by atoms with Crippen molar-refractivity contribution in [3.8, 4) is 0 Å². The summed E-state index contributed by atoms with van der Waals surface area (Å²) in [4.78, 5) is 38.9. The van der Waals surface area contributed by atoms with Crippen LogP contribution in [0.5, 0.6) is 0 Å². The molecule has 2 rings (SSSR count). The minimum Gasteiger partial charge on any atom is -0.383 e. The van der Waals surface area contributed by atoms with Gasteiger partial charge in [0.1, 0.15) is 5.69 Å². The second-order valence-electron chi connectivity index (χ2n) is 6.49. The predicted molar refractivity (Wildman–Crippen MR) is 112 cm³/mol. The highest BCUT2D eigenvalue weighted by atomic mass is 32.2. The summed E-state index contributed by atoms with van der Waals surface area (Å²) in [5.41, 5.74) is 0.914. The average Bonchev–Trinajstić information content (AvgIpc) is 2.74. The number of carbonyl (C=O) groups is 3. The third-order valence-corrected chi connectivity index (χ3v) is 5.45. The molecule has 0 radical (unpaired) electrons. The van der Waals surface area contributed by atoms with Gasteiger partial charge < -0.3 is 15.4 Å². The molecular formula is C20H24N4O6S. The maximum Gasteiger partial charge on any atom is 0.269 e. The number of pyridine rings is 1. The van der Waals surface area contributed by atoms with Crippen molar-refractivity contribution in [1.82, 2.24) is 20.3 Å². The largest absolute Gasteiger partial charge is 0.383 e. The predicted octanol–water partition coefficient (Wildman–Crippen LogP) is 0.255. The molecule has 166 valence electrons. The SMILES string of the molecule is COCCNC(=O)c1ccc(C(=O)NS(=O)(=O)c2ccc(CCNC(C)=O)cc2)cn1. The van der Waals surface area contributed by atoms with Crippen LogP contribution in [-0.2, 0) is 26.0 Å². The van der Waals surface area contributed by atoms with Gasteiger partial charge in [-0.15, -0.1) is 0 Å². The summed E-state index contributed by atoms with van der Waals surface area (Å²) in [5, 5.41) is 5.24. The van der Waals surface area contributed by atoms with Crippen LogP contribution in [0.2, 0.25) is 0 Å². The first-order valence-electron chi connectivity index (χ1n) is 9.36. The van der Waals surface area contributed by atoms with Crippen molar-refractivity contribution in [3.63, 3.8) is 0 Å². The number of nitrogens with one attached hydrogen (secondary N) is 3. The van der Waals surface area contributed by atoms with E-state index in [4.69, 9.17) is 4.74 Å². The monoisotopic (exact) mass is 448 g/mol. The number of sulfonamides is 1. The molecule has 0 saturated carbocycles. The smallest absolute Gasteiger partial charge is 0.269 e. The molecule has 0 aliphatic carbocycles. The van der Waals surface area contributed by atoms with E-state index in [-0.39, 0.29) is 22.1 Å². The summed E-state index contributed by atoms with van der Waals surface area (Å²) in [7, 11) is -2.58. The van der Waals surface area contributed by atoms with Crippen molar-refractivity contribution in [2.24, 2.45) is 0 Å². The van der Waals surface area contributed by atoms with Gasteiger partial charge in [0.05, 0.1) is 17.1 Å². The lowest BCUT2D eigenvalue weighted by Crippen LogP contribution is -2.31. The third-order valence-electron chi connectivity index (χ3n) is 4.10. The zero-order valence-corrected chi connectivity index (χ0v) is 18.0. The Bertz CT molecular complexity index is 1020. The first-order chi connectivity index (χ1) is 14.7. The van der Waals surface area contributed by atoms with Gasteiger partial charge in [-0.05, 0) is 36.2 Å². The molecule has 1 aromatic carbocycles. The Kier molecular flexibility index (Phi) is 8.64. The second kappa shape index (κ2) is 11.2. The summed E-state index contributed by atoms with van der Waals surface area (Å²) >= 11 is 0. The number of nitrogens with zero attached hydrogens (tertiary/aromatic N) is 1. The van der Waals surface area contributed by atoms with Gasteiger partial charge in [0, 0.05) is 33.3 Å². The van der Waals surface area contributed by atoms with E-state index in [1.807, 2.05) is 4.72 Å². The molecule has 0 spiro atoms. The normalized spacial score (nSPS) is 10.9. The summed E-state index contributed by atoms with van der Waals surface area (Å²) in [5.74, 6) is -1.44. The van der Waals surface area contributed by atoms with Crippen LogP contribution in [0.15, 0.2) is 47.5 Å². The molecule has 0 atom stereocenters. The average molecular weight is 449 g/mol. The standard InChI is InChI=1S/C20H24N4O6S/c1-14(25)21-10-9-15-3-6-17(7-4-15)31(28,29)24-19(26)16-5-8-18(23-13-16)20(27)22-11-12-30-2/h3-8,13H,9-12H2,1-2H3,(H,21,25)(H,22,27)(H,24,26). The Balaban J connectivity index is 1.98. The molecule has 1 heterocycles. The van der Waals surface area contributed by atoms with E-state index < -0.39 is 21.8 Å². The highest BCUT2D eigenvalue weighted by Crippen LogP contribution is 2.12. The number of methoxy groups -OCH3 is 1. The quantitative estimate of drug-likeness (QED) is 0.442. The van der Waals surface area contributed by atoms with Crippen LogP contribution in [0.25, 0.3) is 0 Å². The van der Waals surface area contributed by atoms with Crippen LogP contribution in [0, 0.1) is 0 Å². The molecule has 3 N–H and O–H groups in total. The van der Waals surface area contributed by atoms with Crippen LogP contribution in [-0.4, -0.2) is 57.9 Å². The zero-order chi connectivity index (χ0) is 22.9. The van der Waals surface area contributed by atoms with E-state index in [1.54, 1.807) is 12.1 Å².